The van der Waals surface area contributed by atoms with Gasteiger partial charge in [-0.1, -0.05) is 31.2 Å². The van der Waals surface area contributed by atoms with E-state index in [1.165, 1.54) is 5.56 Å². The third-order valence-electron chi connectivity index (χ3n) is 3.76. The second kappa shape index (κ2) is 8.99. The summed E-state index contributed by atoms with van der Waals surface area (Å²) in [7, 11) is 1.59. The predicted molar refractivity (Wildman–Crippen MR) is 96.5 cm³/mol. The Balaban J connectivity index is 1.95. The molecule has 0 aliphatic carbocycles. The summed E-state index contributed by atoms with van der Waals surface area (Å²) in [6.45, 7) is 4.02. The molecule has 0 bridgehead atoms. The molecule has 0 saturated heterocycles. The number of methoxy groups -OCH3 is 1. The molecule has 5 heteroatoms. The van der Waals surface area contributed by atoms with Crippen LogP contribution in [0.4, 0.5) is 5.69 Å². The van der Waals surface area contributed by atoms with E-state index >= 15 is 0 Å². The van der Waals surface area contributed by atoms with Gasteiger partial charge in [-0.3, -0.25) is 4.79 Å². The van der Waals surface area contributed by atoms with Gasteiger partial charge < -0.3 is 14.8 Å². The van der Waals surface area contributed by atoms with Crippen LogP contribution in [0.1, 0.15) is 35.3 Å². The minimum Gasteiger partial charge on any atom is -0.449 e. The van der Waals surface area contributed by atoms with Crippen molar-refractivity contribution in [2.45, 2.75) is 33.0 Å². The van der Waals surface area contributed by atoms with Crippen molar-refractivity contribution in [1.82, 2.24) is 0 Å². The lowest BCUT2D eigenvalue weighted by Gasteiger charge is -2.14. The molecule has 132 valence electrons. The summed E-state index contributed by atoms with van der Waals surface area (Å²) >= 11 is 0. The molecule has 2 aromatic rings. The summed E-state index contributed by atoms with van der Waals surface area (Å²) in [5, 5.41) is 2.75. The standard InChI is InChI=1S/C20H23NO4/c1-4-15-8-10-18(11-9-15)21-19(22)14(2)25-20(23)17-7-5-6-16(12-17)13-24-3/h5-12,14H,4,13H2,1-3H3,(H,21,22)/t14-/m1/s1. The highest BCUT2D eigenvalue weighted by Gasteiger charge is 2.19. The van der Waals surface area contributed by atoms with Crippen molar-refractivity contribution >= 4 is 17.6 Å². The first-order valence-corrected chi connectivity index (χ1v) is 8.22. The largest absolute Gasteiger partial charge is 0.449 e. The van der Waals surface area contributed by atoms with Gasteiger partial charge >= 0.3 is 5.97 Å². The predicted octanol–water partition coefficient (Wildman–Crippen LogP) is 3.58. The Bertz CT molecular complexity index is 725. The Hall–Kier alpha value is -2.66. The van der Waals surface area contributed by atoms with Crippen molar-refractivity contribution in [3.05, 3.63) is 65.2 Å². The Morgan fingerprint density at radius 2 is 1.80 bits per heavy atom. The Kier molecular flexibility index (Phi) is 6.71. The summed E-state index contributed by atoms with van der Waals surface area (Å²) in [6.07, 6.45) is 0.0362. The van der Waals surface area contributed by atoms with Crippen LogP contribution in [0, 0.1) is 0 Å². The zero-order chi connectivity index (χ0) is 18.2. The van der Waals surface area contributed by atoms with E-state index < -0.39 is 12.1 Å². The third-order valence-corrected chi connectivity index (χ3v) is 3.76. The summed E-state index contributed by atoms with van der Waals surface area (Å²) in [5.74, 6) is -0.910. The van der Waals surface area contributed by atoms with Gasteiger partial charge in [0, 0.05) is 12.8 Å². The Morgan fingerprint density at radius 3 is 2.44 bits per heavy atom. The Labute approximate surface area is 148 Å². The number of esters is 1. The molecule has 25 heavy (non-hydrogen) atoms. The first-order valence-electron chi connectivity index (χ1n) is 8.22. The van der Waals surface area contributed by atoms with Gasteiger partial charge in [0.1, 0.15) is 0 Å². The molecule has 1 amide bonds. The first-order chi connectivity index (χ1) is 12.0. The fourth-order valence-corrected chi connectivity index (χ4v) is 2.30. The number of hydrogen-bond acceptors (Lipinski definition) is 4. The van der Waals surface area contributed by atoms with E-state index in [9.17, 15) is 9.59 Å². The normalized spacial score (nSPS) is 11.6. The zero-order valence-electron chi connectivity index (χ0n) is 14.7. The molecule has 0 saturated carbocycles. The molecule has 0 aromatic heterocycles. The third kappa shape index (κ3) is 5.43. The van der Waals surface area contributed by atoms with Gasteiger partial charge in [-0.15, -0.1) is 0 Å². The topological polar surface area (TPSA) is 64.6 Å². The Morgan fingerprint density at radius 1 is 1.08 bits per heavy atom. The average Bonchev–Trinajstić information content (AvgIpc) is 2.62. The molecule has 0 radical (unpaired) electrons. The van der Waals surface area contributed by atoms with E-state index in [4.69, 9.17) is 9.47 Å². The van der Waals surface area contributed by atoms with Crippen LogP contribution in [0.15, 0.2) is 48.5 Å². The molecule has 0 aliphatic heterocycles. The number of anilines is 1. The maximum atomic E-state index is 12.2. The highest BCUT2D eigenvalue weighted by molar-refractivity contribution is 5.97. The van der Waals surface area contributed by atoms with Gasteiger partial charge in [0.05, 0.1) is 12.2 Å². The molecule has 0 unspecified atom stereocenters. The fourth-order valence-electron chi connectivity index (χ4n) is 2.30. The van der Waals surface area contributed by atoms with E-state index in [2.05, 4.69) is 12.2 Å². The smallest absolute Gasteiger partial charge is 0.338 e. The van der Waals surface area contributed by atoms with Gasteiger partial charge in [0.15, 0.2) is 6.10 Å². The molecular formula is C20H23NO4. The summed E-state index contributed by atoms with van der Waals surface area (Å²) < 4.78 is 10.3. The van der Waals surface area contributed by atoms with Crippen LogP contribution >= 0.6 is 0 Å². The van der Waals surface area contributed by atoms with Crippen LogP contribution in [-0.4, -0.2) is 25.1 Å². The van der Waals surface area contributed by atoms with Crippen LogP contribution in [0.3, 0.4) is 0 Å². The SMILES string of the molecule is CCc1ccc(NC(=O)[C@@H](C)OC(=O)c2cccc(COC)c2)cc1. The molecule has 2 rings (SSSR count). The van der Waals surface area contributed by atoms with E-state index in [-0.39, 0.29) is 5.91 Å². The number of rotatable bonds is 7. The molecule has 0 fully saturated rings. The molecule has 0 spiro atoms. The number of ether oxygens (including phenoxy) is 2. The number of carbonyl (C=O) groups is 2. The van der Waals surface area contributed by atoms with E-state index in [0.29, 0.717) is 17.9 Å². The molecular weight excluding hydrogens is 318 g/mol. The van der Waals surface area contributed by atoms with Crippen molar-refractivity contribution in [3.8, 4) is 0 Å². The minimum absolute atomic E-state index is 0.370. The summed E-state index contributed by atoms with van der Waals surface area (Å²) in [5.41, 5.74) is 3.12. The number of nitrogens with one attached hydrogen (secondary N) is 1. The van der Waals surface area contributed by atoms with Crippen LogP contribution in [-0.2, 0) is 27.3 Å². The lowest BCUT2D eigenvalue weighted by molar-refractivity contribution is -0.123. The zero-order valence-corrected chi connectivity index (χ0v) is 14.7. The molecule has 0 aliphatic rings. The van der Waals surface area contributed by atoms with Crippen LogP contribution < -0.4 is 5.32 Å². The van der Waals surface area contributed by atoms with Crippen molar-refractivity contribution in [2.75, 3.05) is 12.4 Å². The molecule has 1 N–H and O–H groups in total. The summed E-state index contributed by atoms with van der Waals surface area (Å²) in [4.78, 5) is 24.4. The van der Waals surface area contributed by atoms with Crippen molar-refractivity contribution in [2.24, 2.45) is 0 Å². The summed E-state index contributed by atoms with van der Waals surface area (Å²) in [6, 6.07) is 14.5. The van der Waals surface area contributed by atoms with Crippen LogP contribution in [0.2, 0.25) is 0 Å². The van der Waals surface area contributed by atoms with Gasteiger partial charge in [-0.2, -0.15) is 0 Å². The van der Waals surface area contributed by atoms with Gasteiger partial charge in [-0.25, -0.2) is 4.79 Å². The molecule has 5 nitrogen and oxygen atoms in total. The van der Waals surface area contributed by atoms with Gasteiger partial charge in [0.25, 0.3) is 5.91 Å². The van der Waals surface area contributed by atoms with Crippen molar-refractivity contribution in [1.29, 1.82) is 0 Å². The van der Waals surface area contributed by atoms with Crippen molar-refractivity contribution < 1.29 is 19.1 Å². The lowest BCUT2D eigenvalue weighted by Crippen LogP contribution is -2.30. The molecule has 2 aromatic carbocycles. The minimum atomic E-state index is -0.899. The average molecular weight is 341 g/mol. The second-order valence-corrected chi connectivity index (χ2v) is 5.72. The van der Waals surface area contributed by atoms with Crippen LogP contribution in [0.25, 0.3) is 0 Å². The number of carbonyl (C=O) groups excluding carboxylic acids is 2. The lowest BCUT2D eigenvalue weighted by atomic mass is 10.1. The van der Waals surface area contributed by atoms with Crippen LogP contribution in [0.5, 0.6) is 0 Å². The maximum Gasteiger partial charge on any atom is 0.338 e. The highest BCUT2D eigenvalue weighted by Crippen LogP contribution is 2.12. The fraction of sp³-hybridized carbons (Fsp3) is 0.300. The van der Waals surface area contributed by atoms with Crippen molar-refractivity contribution in [3.63, 3.8) is 0 Å². The molecule has 1 atom stereocenters. The van der Waals surface area contributed by atoms with E-state index in [1.54, 1.807) is 32.2 Å². The van der Waals surface area contributed by atoms with Gasteiger partial charge in [0.2, 0.25) is 0 Å². The number of hydrogen-bond donors (Lipinski definition) is 1. The van der Waals surface area contributed by atoms with Gasteiger partial charge in [-0.05, 0) is 48.7 Å². The first kappa shape index (κ1) is 18.7. The number of benzene rings is 2. The number of aryl methyl sites for hydroxylation is 1. The number of amides is 1. The second-order valence-electron chi connectivity index (χ2n) is 5.72. The monoisotopic (exact) mass is 341 g/mol. The maximum absolute atomic E-state index is 12.2. The quantitative estimate of drug-likeness (QED) is 0.782. The van der Waals surface area contributed by atoms with E-state index in [1.807, 2.05) is 30.3 Å². The molecule has 0 heterocycles. The van der Waals surface area contributed by atoms with E-state index in [0.717, 1.165) is 12.0 Å². The highest BCUT2D eigenvalue weighted by atomic mass is 16.5.